The number of nitrogens with two attached hydrogens (primary N) is 1. The zero-order valence-electron chi connectivity index (χ0n) is 14.5. The average Bonchev–Trinajstić information content (AvgIpc) is 2.67. The van der Waals surface area contributed by atoms with E-state index in [0.717, 1.165) is 24.3 Å². The molecule has 0 bridgehead atoms. The summed E-state index contributed by atoms with van der Waals surface area (Å²) < 4.78 is 49.5. The van der Waals surface area contributed by atoms with Gasteiger partial charge in [-0.2, -0.15) is 0 Å². The second kappa shape index (κ2) is 19.0. The highest BCUT2D eigenvalue weighted by Crippen LogP contribution is 2.08. The monoisotopic (exact) mass is 422 g/mol. The van der Waals surface area contributed by atoms with Crippen molar-refractivity contribution in [2.24, 2.45) is 5.73 Å². The molecule has 0 heterocycles. The Hall–Kier alpha value is -2.33. The van der Waals surface area contributed by atoms with E-state index in [2.05, 4.69) is 5.32 Å². The van der Waals surface area contributed by atoms with Crippen LogP contribution in [-0.4, -0.2) is 42.8 Å². The van der Waals surface area contributed by atoms with Crippen LogP contribution in [0.15, 0.2) is 36.4 Å². The van der Waals surface area contributed by atoms with Crippen LogP contribution in [0.5, 0.6) is 0 Å². The Balaban J connectivity index is -0.000000379. The van der Waals surface area contributed by atoms with Crippen LogP contribution in [0.4, 0.5) is 17.6 Å². The van der Waals surface area contributed by atoms with Gasteiger partial charge in [0.2, 0.25) is 0 Å². The van der Waals surface area contributed by atoms with Crippen molar-refractivity contribution >= 4 is 6.29 Å². The first-order valence-electron chi connectivity index (χ1n) is 7.86. The van der Waals surface area contributed by atoms with E-state index in [0.29, 0.717) is 31.5 Å². The van der Waals surface area contributed by atoms with Gasteiger partial charge in [0.25, 0.3) is 0 Å². The third kappa shape index (κ3) is 14.3. The number of aldehydes is 1. The van der Waals surface area contributed by atoms with E-state index in [4.69, 9.17) is 15.9 Å². The van der Waals surface area contributed by atoms with Crippen LogP contribution in [0.1, 0.15) is 30.8 Å². The maximum atomic E-state index is 12.6. The molecule has 5 nitrogen and oxygen atoms in total. The molecule has 0 fully saturated rings. The first kappa shape index (κ1) is 31.4. The molecule has 0 saturated heterocycles. The Morgan fingerprint density at radius 1 is 0.862 bits per heavy atom. The summed E-state index contributed by atoms with van der Waals surface area (Å²) in [4.78, 5) is 9.98. The molecule has 0 spiro atoms. The molecule has 0 unspecified atom stereocenters. The topological polar surface area (TPSA) is 95.6 Å². The predicted octanol–water partition coefficient (Wildman–Crippen LogP) is 3.03. The fraction of sp³-hybridized carbons (Fsp3) is 0.350. The summed E-state index contributed by atoms with van der Waals surface area (Å²) in [5.74, 6) is -3.62. The van der Waals surface area contributed by atoms with Crippen molar-refractivity contribution in [2.75, 3.05) is 26.3 Å². The maximum Gasteiger partial charge on any atom is 0.159 e. The third-order valence-electron chi connectivity index (χ3n) is 2.81. The highest BCUT2D eigenvalue weighted by molar-refractivity contribution is 5.74. The lowest BCUT2D eigenvalue weighted by Crippen LogP contribution is -2.17. The van der Waals surface area contributed by atoms with E-state index in [9.17, 15) is 22.4 Å². The number of rotatable bonds is 6. The molecule has 2 rings (SSSR count). The fourth-order valence-electron chi connectivity index (χ4n) is 1.55. The van der Waals surface area contributed by atoms with E-state index in [1.807, 2.05) is 0 Å². The van der Waals surface area contributed by atoms with Gasteiger partial charge in [-0.05, 0) is 35.9 Å². The molecule has 0 aliphatic heterocycles. The Morgan fingerprint density at radius 2 is 1.38 bits per heavy atom. The minimum absolute atomic E-state index is 0. The van der Waals surface area contributed by atoms with Gasteiger partial charge in [-0.25, -0.2) is 17.6 Å². The molecule has 0 saturated carbocycles. The lowest BCUT2D eigenvalue weighted by molar-refractivity contribution is 0.112. The van der Waals surface area contributed by atoms with E-state index >= 15 is 0 Å². The second-order valence-electron chi connectivity index (χ2n) is 4.95. The number of carbonyl (C=O) groups is 1. The Labute approximate surface area is 169 Å². The Bertz CT molecular complexity index is 687. The van der Waals surface area contributed by atoms with Crippen molar-refractivity contribution < 1.29 is 32.6 Å². The molecule has 29 heavy (non-hydrogen) atoms. The van der Waals surface area contributed by atoms with Gasteiger partial charge in [-0.15, -0.1) is 0 Å². The number of halogens is 4. The first-order valence-corrected chi connectivity index (χ1v) is 7.86. The summed E-state index contributed by atoms with van der Waals surface area (Å²) in [5.41, 5.74) is 5.58. The molecular formula is C20H30F4N2O3. The van der Waals surface area contributed by atoms with Gasteiger partial charge in [-0.3, -0.25) is 4.79 Å². The SMILES string of the molecule is C.C.NCCO.O=Cc1ccc(F)c(F)c1.OCCNCc1ccc(F)c(F)c1. The van der Waals surface area contributed by atoms with Gasteiger partial charge in [0.05, 0.1) is 13.2 Å². The third-order valence-corrected chi connectivity index (χ3v) is 2.81. The lowest BCUT2D eigenvalue weighted by atomic mass is 10.2. The van der Waals surface area contributed by atoms with Crippen LogP contribution in [0.2, 0.25) is 0 Å². The second-order valence-corrected chi connectivity index (χ2v) is 4.95. The number of hydrogen-bond donors (Lipinski definition) is 4. The Kier molecular flexibility index (Phi) is 20.6. The highest BCUT2D eigenvalue weighted by atomic mass is 19.2. The molecule has 0 aliphatic carbocycles. The van der Waals surface area contributed by atoms with Gasteiger partial charge >= 0.3 is 0 Å². The fourth-order valence-corrected chi connectivity index (χ4v) is 1.55. The molecule has 5 N–H and O–H groups in total. The number of benzene rings is 2. The van der Waals surface area contributed by atoms with Crippen LogP contribution in [0, 0.1) is 23.3 Å². The quantitative estimate of drug-likeness (QED) is 0.326. The molecule has 0 radical (unpaired) electrons. The van der Waals surface area contributed by atoms with Gasteiger partial charge in [0.15, 0.2) is 23.3 Å². The number of aliphatic hydroxyl groups excluding tert-OH is 2. The Morgan fingerprint density at radius 3 is 1.79 bits per heavy atom. The van der Waals surface area contributed by atoms with Crippen molar-refractivity contribution in [1.82, 2.24) is 5.32 Å². The summed E-state index contributed by atoms with van der Waals surface area (Å²) in [5, 5.41) is 19.1. The minimum atomic E-state index is -0.996. The number of hydrogen-bond acceptors (Lipinski definition) is 5. The maximum absolute atomic E-state index is 12.6. The van der Waals surface area contributed by atoms with Crippen LogP contribution >= 0.6 is 0 Å². The molecule has 0 aromatic heterocycles. The van der Waals surface area contributed by atoms with Crippen molar-refractivity contribution in [2.45, 2.75) is 21.4 Å². The van der Waals surface area contributed by atoms with E-state index < -0.39 is 23.3 Å². The molecule has 166 valence electrons. The minimum Gasteiger partial charge on any atom is -0.395 e. The van der Waals surface area contributed by atoms with Crippen LogP contribution in [0.25, 0.3) is 0 Å². The molecule has 9 heteroatoms. The van der Waals surface area contributed by atoms with Gasteiger partial charge < -0.3 is 21.3 Å². The number of carbonyl (C=O) groups excluding carboxylic acids is 1. The van der Waals surface area contributed by atoms with Crippen molar-refractivity contribution in [3.8, 4) is 0 Å². The zero-order valence-corrected chi connectivity index (χ0v) is 14.5. The molecule has 0 aliphatic rings. The van der Waals surface area contributed by atoms with Crippen LogP contribution in [0.3, 0.4) is 0 Å². The summed E-state index contributed by atoms with van der Waals surface area (Å²) in [6.45, 7) is 1.38. The number of aliphatic hydroxyl groups is 2. The molecule has 0 atom stereocenters. The molecule has 0 amide bonds. The average molecular weight is 422 g/mol. The standard InChI is InChI=1S/C9H11F2NO.C7H4F2O.C2H7NO.2CH4/c10-8-2-1-7(5-9(8)11)6-12-3-4-13;8-6-2-1-5(4-10)3-7(6)9;3-1-2-4;;/h1-2,5,12-13H,3-4,6H2;1-4H;4H,1-3H2;2*1H4. The molecular weight excluding hydrogens is 392 g/mol. The van der Waals surface area contributed by atoms with Crippen LogP contribution < -0.4 is 11.1 Å². The van der Waals surface area contributed by atoms with Crippen LogP contribution in [-0.2, 0) is 6.54 Å². The number of nitrogens with one attached hydrogen (secondary N) is 1. The van der Waals surface area contributed by atoms with Crippen molar-refractivity contribution in [1.29, 1.82) is 0 Å². The molecule has 2 aromatic rings. The largest absolute Gasteiger partial charge is 0.395 e. The summed E-state index contributed by atoms with van der Waals surface area (Å²) in [6, 6.07) is 6.71. The van der Waals surface area contributed by atoms with Crippen molar-refractivity contribution in [3.05, 3.63) is 70.8 Å². The van der Waals surface area contributed by atoms with Crippen molar-refractivity contribution in [3.63, 3.8) is 0 Å². The summed E-state index contributed by atoms with van der Waals surface area (Å²) >= 11 is 0. The first-order chi connectivity index (χ1) is 12.9. The van der Waals surface area contributed by atoms with E-state index in [1.54, 1.807) is 0 Å². The predicted molar refractivity (Wildman–Crippen MR) is 106 cm³/mol. The summed E-state index contributed by atoms with van der Waals surface area (Å²) in [6.07, 6.45) is 0.461. The van der Waals surface area contributed by atoms with Gasteiger partial charge in [0.1, 0.15) is 6.29 Å². The van der Waals surface area contributed by atoms with Gasteiger partial charge in [0, 0.05) is 25.2 Å². The normalized spacial score (nSPS) is 8.93. The lowest BCUT2D eigenvalue weighted by Gasteiger charge is -2.02. The summed E-state index contributed by atoms with van der Waals surface area (Å²) in [7, 11) is 0. The van der Waals surface area contributed by atoms with E-state index in [-0.39, 0.29) is 33.6 Å². The van der Waals surface area contributed by atoms with Gasteiger partial charge in [-0.1, -0.05) is 20.9 Å². The highest BCUT2D eigenvalue weighted by Gasteiger charge is 2.01. The smallest absolute Gasteiger partial charge is 0.159 e. The molecule has 2 aromatic carbocycles. The zero-order chi connectivity index (χ0) is 20.7. The van der Waals surface area contributed by atoms with E-state index in [1.165, 1.54) is 12.1 Å².